The second-order valence-electron chi connectivity index (χ2n) is 6.62. The maximum absolute atomic E-state index is 9.89. The zero-order chi connectivity index (χ0) is 14.5. The summed E-state index contributed by atoms with van der Waals surface area (Å²) in [5, 5.41) is 9.89. The average Bonchev–Trinajstić information content (AvgIpc) is 2.47. The minimum absolute atomic E-state index is 0. The normalized spacial score (nSPS) is 20.6. The second-order valence-corrected chi connectivity index (χ2v) is 6.62. The highest BCUT2D eigenvalue weighted by molar-refractivity contribution is 6.62. The van der Waals surface area contributed by atoms with Crippen molar-refractivity contribution in [1.29, 1.82) is 0 Å². The molecule has 1 aliphatic rings. The summed E-state index contributed by atoms with van der Waals surface area (Å²) in [6, 6.07) is 3.70. The molecule has 4 nitrogen and oxygen atoms in total. The van der Waals surface area contributed by atoms with Crippen LogP contribution < -0.4 is 5.46 Å². The zero-order valence-electron chi connectivity index (χ0n) is 12.9. The monoisotopic (exact) mass is 302 g/mol. The summed E-state index contributed by atoms with van der Waals surface area (Å²) in [4.78, 5) is 4.28. The molecule has 0 atom stereocenters. The van der Waals surface area contributed by atoms with Crippen LogP contribution in [0.3, 0.4) is 0 Å². The van der Waals surface area contributed by atoms with E-state index < -0.39 is 12.7 Å². The van der Waals surface area contributed by atoms with E-state index in [1.54, 1.807) is 26.1 Å². The number of pyridine rings is 1. The summed E-state index contributed by atoms with van der Waals surface area (Å²) in [5.41, 5.74) is -0.146. The van der Waals surface area contributed by atoms with Gasteiger partial charge in [-0.15, -0.1) is 12.4 Å². The summed E-state index contributed by atoms with van der Waals surface area (Å²) >= 11 is 0. The molecule has 0 radical (unpaired) electrons. The summed E-state index contributed by atoms with van der Waals surface area (Å²) in [6.45, 7) is 11.5. The first-order valence-corrected chi connectivity index (χ1v) is 6.57. The van der Waals surface area contributed by atoms with Gasteiger partial charge < -0.3 is 14.4 Å². The van der Waals surface area contributed by atoms with Crippen molar-refractivity contribution >= 4 is 25.0 Å². The molecule has 0 unspecified atom stereocenters. The van der Waals surface area contributed by atoms with Crippen molar-refractivity contribution in [2.75, 3.05) is 0 Å². The molecular weight excluding hydrogens is 279 g/mol. The van der Waals surface area contributed by atoms with Crippen LogP contribution in [0.5, 0.6) is 0 Å². The molecule has 1 aliphatic heterocycles. The number of hydrogen-bond donors (Lipinski definition) is 1. The van der Waals surface area contributed by atoms with Gasteiger partial charge in [-0.2, -0.15) is 0 Å². The van der Waals surface area contributed by atoms with Gasteiger partial charge >= 0.3 is 7.12 Å². The standard InChI is InChI=1S/C14H22BNO3.ClH/c1-12(2,17)11-8-7-10(9-16-11)15-18-13(3,4)14(5,6)19-15;/h7-9,17H,1-6H3;1H/i1+1,2+1,12+1;. The molecule has 0 spiro atoms. The van der Waals surface area contributed by atoms with Crippen molar-refractivity contribution < 1.29 is 14.4 Å². The highest BCUT2D eigenvalue weighted by Gasteiger charge is 2.51. The van der Waals surface area contributed by atoms with Crippen molar-refractivity contribution in [3.8, 4) is 0 Å². The summed E-state index contributed by atoms with van der Waals surface area (Å²) in [6.07, 6.45) is 1.70. The fourth-order valence-corrected chi connectivity index (χ4v) is 1.89. The SMILES string of the molecule is CC1(C)OB(c2ccc([13C]([13CH3])([13CH3])O)nc2)OC1(C)C.Cl. The predicted octanol–water partition coefficient (Wildman–Crippen LogP) is 2.03. The highest BCUT2D eigenvalue weighted by atomic mass is 35.5. The third kappa shape index (κ3) is 3.17. The first kappa shape index (κ1) is 17.4. The van der Waals surface area contributed by atoms with Crippen LogP contribution in [-0.2, 0) is 14.9 Å². The van der Waals surface area contributed by atoms with Crippen LogP contribution in [0.2, 0.25) is 0 Å². The Labute approximate surface area is 127 Å². The predicted molar refractivity (Wildman–Crippen MR) is 82.4 cm³/mol. The molecule has 1 aromatic heterocycles. The minimum Gasteiger partial charge on any atom is -0.399 e. The Kier molecular flexibility index (Phi) is 4.62. The van der Waals surface area contributed by atoms with Gasteiger partial charge in [-0.1, -0.05) is 6.07 Å². The molecule has 1 aromatic rings. The van der Waals surface area contributed by atoms with Crippen LogP contribution >= 0.6 is 12.4 Å². The molecule has 0 saturated carbocycles. The van der Waals surface area contributed by atoms with E-state index in [-0.39, 0.29) is 23.6 Å². The minimum atomic E-state index is -0.936. The van der Waals surface area contributed by atoms with Gasteiger partial charge in [0, 0.05) is 11.7 Å². The molecule has 2 rings (SSSR count). The second kappa shape index (κ2) is 5.30. The highest BCUT2D eigenvalue weighted by Crippen LogP contribution is 2.36. The molecule has 0 amide bonds. The van der Waals surface area contributed by atoms with Gasteiger partial charge in [0.1, 0.15) is 5.60 Å². The van der Waals surface area contributed by atoms with E-state index in [1.807, 2.05) is 33.8 Å². The summed E-state index contributed by atoms with van der Waals surface area (Å²) in [5.74, 6) is 0. The van der Waals surface area contributed by atoms with E-state index >= 15 is 0 Å². The molecule has 1 N–H and O–H groups in total. The van der Waals surface area contributed by atoms with E-state index in [0.717, 1.165) is 5.46 Å². The van der Waals surface area contributed by atoms with E-state index in [2.05, 4.69) is 4.98 Å². The molecule has 0 aliphatic carbocycles. The Morgan fingerprint density at radius 3 is 1.95 bits per heavy atom. The molecule has 0 aromatic carbocycles. The van der Waals surface area contributed by atoms with Gasteiger partial charge in [0.15, 0.2) is 0 Å². The number of aromatic nitrogens is 1. The van der Waals surface area contributed by atoms with Crippen molar-refractivity contribution in [3.05, 3.63) is 24.0 Å². The molecule has 0 bridgehead atoms. The lowest BCUT2D eigenvalue weighted by Gasteiger charge is -2.32. The lowest BCUT2D eigenvalue weighted by molar-refractivity contribution is 0.00578. The van der Waals surface area contributed by atoms with E-state index in [1.165, 1.54) is 0 Å². The van der Waals surface area contributed by atoms with Gasteiger partial charge in [0.05, 0.1) is 16.9 Å². The average molecular weight is 303 g/mol. The Morgan fingerprint density at radius 2 is 1.60 bits per heavy atom. The van der Waals surface area contributed by atoms with Crippen LogP contribution in [0, 0.1) is 0 Å². The van der Waals surface area contributed by atoms with Crippen LogP contribution in [0.1, 0.15) is 47.2 Å². The molecule has 1 saturated heterocycles. The quantitative estimate of drug-likeness (QED) is 0.671. The Balaban J connectivity index is 0.00000200. The molecule has 112 valence electrons. The van der Waals surface area contributed by atoms with Crippen molar-refractivity contribution in [2.24, 2.45) is 0 Å². The summed E-state index contributed by atoms with van der Waals surface area (Å²) in [7, 11) is -0.409. The fourth-order valence-electron chi connectivity index (χ4n) is 1.89. The molecular formula is C14H23BClNO3. The van der Waals surface area contributed by atoms with E-state index in [0.29, 0.717) is 5.69 Å². The van der Waals surface area contributed by atoms with E-state index in [9.17, 15) is 5.11 Å². The van der Waals surface area contributed by atoms with Crippen LogP contribution in [-0.4, -0.2) is 28.4 Å². The fraction of sp³-hybridized carbons (Fsp3) is 0.643. The van der Waals surface area contributed by atoms with Gasteiger partial charge in [0.25, 0.3) is 0 Å². The first-order chi connectivity index (χ1) is 8.53. The first-order valence-electron chi connectivity index (χ1n) is 6.57. The van der Waals surface area contributed by atoms with Gasteiger partial charge in [-0.3, -0.25) is 4.98 Å². The van der Waals surface area contributed by atoms with Crippen molar-refractivity contribution in [2.45, 2.75) is 58.3 Å². The lowest BCUT2D eigenvalue weighted by Crippen LogP contribution is -2.41. The number of aliphatic hydroxyl groups is 1. The Morgan fingerprint density at radius 1 is 1.10 bits per heavy atom. The van der Waals surface area contributed by atoms with Crippen LogP contribution in [0.15, 0.2) is 18.3 Å². The van der Waals surface area contributed by atoms with Crippen molar-refractivity contribution in [1.82, 2.24) is 4.98 Å². The topological polar surface area (TPSA) is 51.6 Å². The molecule has 20 heavy (non-hydrogen) atoms. The molecule has 1 fully saturated rings. The van der Waals surface area contributed by atoms with Gasteiger partial charge in [-0.05, 0) is 47.6 Å². The van der Waals surface area contributed by atoms with Gasteiger partial charge in [-0.25, -0.2) is 0 Å². The van der Waals surface area contributed by atoms with Crippen LogP contribution in [0.25, 0.3) is 0 Å². The largest absolute Gasteiger partial charge is 0.496 e. The number of nitrogens with zero attached hydrogens (tertiary/aromatic N) is 1. The third-order valence-electron chi connectivity index (χ3n) is 3.94. The van der Waals surface area contributed by atoms with Crippen molar-refractivity contribution in [3.63, 3.8) is 0 Å². The maximum Gasteiger partial charge on any atom is 0.496 e. The zero-order valence-corrected chi connectivity index (χ0v) is 13.7. The number of hydrogen-bond acceptors (Lipinski definition) is 4. The number of halogens is 1. The van der Waals surface area contributed by atoms with E-state index in [4.69, 9.17) is 9.31 Å². The number of rotatable bonds is 2. The summed E-state index contributed by atoms with van der Waals surface area (Å²) < 4.78 is 11.9. The Bertz CT molecular complexity index is 452. The molecule has 2 heterocycles. The maximum atomic E-state index is 9.89. The van der Waals surface area contributed by atoms with Gasteiger partial charge in [0.2, 0.25) is 0 Å². The third-order valence-corrected chi connectivity index (χ3v) is 3.94. The molecule has 6 heteroatoms. The smallest absolute Gasteiger partial charge is 0.399 e. The lowest BCUT2D eigenvalue weighted by atomic mass is 9.80. The van der Waals surface area contributed by atoms with Crippen LogP contribution in [0.4, 0.5) is 0 Å². The Hall–Kier alpha value is -0.615.